The van der Waals surface area contributed by atoms with Crippen molar-refractivity contribution in [3.8, 4) is 0 Å². The standard InChI is InChI=1S/C13H20N5O6PS/c1-10(19)11(2,20)13(4,24-25(21,22)26)23-12(10,3)18-6-17-7-8(14)15-5-16-9(7)18/h5-6,19-20H,1-4H3,(H2,14,15,16)(H2,21,22,26)/t10?,11-,12-,13-/m1/s1. The molecule has 0 bridgehead atoms. The second-order valence-electron chi connectivity index (χ2n) is 6.80. The average molecular weight is 405 g/mol. The highest BCUT2D eigenvalue weighted by molar-refractivity contribution is 8.06. The fraction of sp³-hybridized carbons (Fsp3) is 0.615. The normalized spacial score (nSPS) is 38.2. The summed E-state index contributed by atoms with van der Waals surface area (Å²) in [5.74, 6) is -1.93. The minimum Gasteiger partial charge on any atom is -0.382 e. The molecule has 0 radical (unpaired) electrons. The number of ether oxygens (including phenoxy) is 1. The van der Waals surface area contributed by atoms with E-state index in [-0.39, 0.29) is 17.0 Å². The topological polar surface area (TPSA) is 169 Å². The number of nitrogen functional groups attached to an aromatic ring is 1. The molecule has 1 fully saturated rings. The van der Waals surface area contributed by atoms with Gasteiger partial charge in [0.1, 0.15) is 23.0 Å². The van der Waals surface area contributed by atoms with Crippen LogP contribution in [0.4, 0.5) is 5.82 Å². The molecule has 0 spiro atoms. The first-order chi connectivity index (χ1) is 11.7. The van der Waals surface area contributed by atoms with Crippen molar-refractivity contribution in [3.05, 3.63) is 12.7 Å². The largest absolute Gasteiger partial charge is 0.382 e. The number of nitrogens with zero attached hydrogens (tertiary/aromatic N) is 4. The molecule has 2 aromatic rings. The average Bonchev–Trinajstić information content (AvgIpc) is 2.93. The van der Waals surface area contributed by atoms with Crippen molar-refractivity contribution in [2.45, 2.75) is 50.4 Å². The van der Waals surface area contributed by atoms with Crippen LogP contribution >= 0.6 is 6.72 Å². The SMILES string of the molecule is CC1(O)[C@](C)(n2cnc3c(N)ncnc32)O[C@](C)(OP(O)(O)=S)[C@]1(C)O. The number of anilines is 1. The Morgan fingerprint density at radius 2 is 1.77 bits per heavy atom. The Balaban J connectivity index is 2.23. The van der Waals surface area contributed by atoms with Crippen LogP contribution in [0.1, 0.15) is 27.7 Å². The maximum Gasteiger partial charge on any atom is 0.324 e. The molecule has 3 heterocycles. The van der Waals surface area contributed by atoms with Gasteiger partial charge in [-0.2, -0.15) is 0 Å². The molecule has 6 N–H and O–H groups in total. The fourth-order valence-electron chi connectivity index (χ4n) is 3.26. The first-order valence-electron chi connectivity index (χ1n) is 7.51. The van der Waals surface area contributed by atoms with Gasteiger partial charge in [-0.3, -0.25) is 9.09 Å². The van der Waals surface area contributed by atoms with Crippen LogP contribution in [0.3, 0.4) is 0 Å². The molecule has 2 aromatic heterocycles. The van der Waals surface area contributed by atoms with Crippen LogP contribution in [-0.2, 0) is 26.8 Å². The maximum atomic E-state index is 11.2. The van der Waals surface area contributed by atoms with E-state index in [1.54, 1.807) is 0 Å². The zero-order valence-electron chi connectivity index (χ0n) is 14.5. The molecule has 1 unspecified atom stereocenters. The molecule has 26 heavy (non-hydrogen) atoms. The summed E-state index contributed by atoms with van der Waals surface area (Å²) in [5.41, 5.74) is 0.499. The van der Waals surface area contributed by atoms with Crippen molar-refractivity contribution >= 4 is 35.5 Å². The van der Waals surface area contributed by atoms with E-state index in [1.807, 2.05) is 0 Å². The van der Waals surface area contributed by atoms with E-state index in [1.165, 1.54) is 44.9 Å². The third-order valence-electron chi connectivity index (χ3n) is 5.24. The summed E-state index contributed by atoms with van der Waals surface area (Å²) in [6, 6.07) is 0. The van der Waals surface area contributed by atoms with Gasteiger partial charge in [0.05, 0.1) is 6.33 Å². The second kappa shape index (κ2) is 5.40. The Labute approximate surface area is 153 Å². The van der Waals surface area contributed by atoms with E-state index < -0.39 is 29.4 Å². The lowest BCUT2D eigenvalue weighted by Crippen LogP contribution is -2.62. The Hall–Kier alpha value is -1.24. The van der Waals surface area contributed by atoms with Crippen molar-refractivity contribution in [2.24, 2.45) is 0 Å². The molecular formula is C13H20N5O6PS. The lowest BCUT2D eigenvalue weighted by molar-refractivity contribution is -0.260. The number of rotatable bonds is 3. The summed E-state index contributed by atoms with van der Waals surface area (Å²) in [6.45, 7) is 1.04. The molecule has 4 atom stereocenters. The van der Waals surface area contributed by atoms with Gasteiger partial charge in [-0.05, 0) is 39.5 Å². The molecular weight excluding hydrogens is 385 g/mol. The van der Waals surface area contributed by atoms with Crippen LogP contribution in [0.25, 0.3) is 11.2 Å². The molecule has 0 amide bonds. The van der Waals surface area contributed by atoms with Crippen molar-refractivity contribution in [3.63, 3.8) is 0 Å². The third kappa shape index (κ3) is 2.42. The number of fused-ring (bicyclic) bond motifs is 1. The lowest BCUT2D eigenvalue weighted by atomic mass is 9.77. The van der Waals surface area contributed by atoms with Crippen LogP contribution in [0.2, 0.25) is 0 Å². The zero-order valence-corrected chi connectivity index (χ0v) is 16.2. The van der Waals surface area contributed by atoms with E-state index in [4.69, 9.17) is 15.0 Å². The molecule has 0 aromatic carbocycles. The fourth-order valence-corrected chi connectivity index (χ4v) is 4.35. The highest BCUT2D eigenvalue weighted by atomic mass is 32.5. The highest BCUT2D eigenvalue weighted by Crippen LogP contribution is 2.59. The summed E-state index contributed by atoms with van der Waals surface area (Å²) >= 11 is 4.51. The number of nitrogens with two attached hydrogens (primary N) is 1. The van der Waals surface area contributed by atoms with Gasteiger partial charge < -0.3 is 30.5 Å². The molecule has 1 saturated heterocycles. The highest BCUT2D eigenvalue weighted by Gasteiger charge is 2.75. The van der Waals surface area contributed by atoms with E-state index in [9.17, 15) is 20.0 Å². The molecule has 13 heteroatoms. The van der Waals surface area contributed by atoms with E-state index >= 15 is 0 Å². The molecule has 144 valence electrons. The van der Waals surface area contributed by atoms with Gasteiger partial charge in [-0.15, -0.1) is 0 Å². The van der Waals surface area contributed by atoms with Gasteiger partial charge in [0, 0.05) is 0 Å². The Bertz CT molecular complexity index is 929. The van der Waals surface area contributed by atoms with Crippen molar-refractivity contribution < 1.29 is 29.3 Å². The van der Waals surface area contributed by atoms with Gasteiger partial charge >= 0.3 is 6.72 Å². The number of hydrogen-bond acceptors (Lipinski definition) is 9. The van der Waals surface area contributed by atoms with Crippen LogP contribution in [-0.4, -0.2) is 56.5 Å². The number of hydrogen-bond donors (Lipinski definition) is 5. The third-order valence-corrected chi connectivity index (χ3v) is 6.05. The molecule has 11 nitrogen and oxygen atoms in total. The van der Waals surface area contributed by atoms with Crippen molar-refractivity contribution in [1.82, 2.24) is 19.5 Å². The molecule has 0 saturated carbocycles. The summed E-state index contributed by atoms with van der Waals surface area (Å²) in [6.07, 6.45) is 2.54. The number of imidazole rings is 1. The van der Waals surface area contributed by atoms with Crippen LogP contribution in [0, 0.1) is 0 Å². The van der Waals surface area contributed by atoms with Gasteiger partial charge in [0.2, 0.25) is 5.79 Å². The molecule has 1 aliphatic heterocycles. The molecule has 3 rings (SSSR count). The van der Waals surface area contributed by atoms with Crippen molar-refractivity contribution in [2.75, 3.05) is 5.73 Å². The summed E-state index contributed by atoms with van der Waals surface area (Å²) in [7, 11) is 0. The van der Waals surface area contributed by atoms with Crippen LogP contribution < -0.4 is 5.73 Å². The molecule has 1 aliphatic rings. The smallest absolute Gasteiger partial charge is 0.324 e. The summed E-state index contributed by atoms with van der Waals surface area (Å²) in [4.78, 5) is 31.3. The first-order valence-corrected chi connectivity index (χ1v) is 10.1. The quantitative estimate of drug-likeness (QED) is 0.419. The zero-order chi connectivity index (χ0) is 19.8. The Morgan fingerprint density at radius 1 is 1.15 bits per heavy atom. The van der Waals surface area contributed by atoms with E-state index in [2.05, 4.69) is 26.8 Å². The minimum atomic E-state index is -4.24. The summed E-state index contributed by atoms with van der Waals surface area (Å²) in [5, 5.41) is 22.2. The van der Waals surface area contributed by atoms with Crippen LogP contribution in [0.15, 0.2) is 12.7 Å². The lowest BCUT2D eigenvalue weighted by Gasteiger charge is -2.42. The first kappa shape index (κ1) is 19.5. The predicted octanol–water partition coefficient (Wildman–Crippen LogP) is -0.445. The number of aromatic nitrogens is 4. The maximum absolute atomic E-state index is 11.2. The van der Waals surface area contributed by atoms with Crippen LogP contribution in [0.5, 0.6) is 0 Å². The van der Waals surface area contributed by atoms with Gasteiger partial charge in [-0.1, -0.05) is 0 Å². The Morgan fingerprint density at radius 3 is 2.35 bits per heavy atom. The summed E-state index contributed by atoms with van der Waals surface area (Å²) < 4.78 is 12.3. The number of aliphatic hydroxyl groups is 2. The predicted molar refractivity (Wildman–Crippen MR) is 93.9 cm³/mol. The van der Waals surface area contributed by atoms with Gasteiger partial charge in [0.15, 0.2) is 17.2 Å². The van der Waals surface area contributed by atoms with E-state index in [0.29, 0.717) is 0 Å². The Kier molecular flexibility index (Phi) is 4.05. The van der Waals surface area contributed by atoms with E-state index in [0.717, 1.165) is 0 Å². The van der Waals surface area contributed by atoms with Crippen molar-refractivity contribution in [1.29, 1.82) is 0 Å². The van der Waals surface area contributed by atoms with Gasteiger partial charge in [-0.25, -0.2) is 15.0 Å². The van der Waals surface area contributed by atoms with Gasteiger partial charge in [0.25, 0.3) is 0 Å². The minimum absolute atomic E-state index is 0.127. The monoisotopic (exact) mass is 405 g/mol. The second-order valence-corrected chi connectivity index (χ2v) is 9.39. The molecule has 0 aliphatic carbocycles.